The molecule has 5 rings (SSSR count). The SMILES string of the molecule is Cc1nc2c3ccccc3nc(SC(C)C(=O)Nc3ccc4c(c3)OCO4)n2n1. The van der Waals surface area contributed by atoms with Gasteiger partial charge in [-0.25, -0.2) is 9.97 Å². The van der Waals surface area contributed by atoms with E-state index in [1.165, 1.54) is 11.8 Å². The van der Waals surface area contributed by atoms with Gasteiger partial charge in [-0.2, -0.15) is 4.52 Å². The Morgan fingerprint density at radius 1 is 1.17 bits per heavy atom. The van der Waals surface area contributed by atoms with Gasteiger partial charge in [-0.05, 0) is 38.1 Å². The van der Waals surface area contributed by atoms with Crippen molar-refractivity contribution < 1.29 is 14.3 Å². The highest BCUT2D eigenvalue weighted by Gasteiger charge is 2.21. The van der Waals surface area contributed by atoms with Crippen LogP contribution in [0.4, 0.5) is 5.69 Å². The van der Waals surface area contributed by atoms with Gasteiger partial charge in [0.25, 0.3) is 0 Å². The van der Waals surface area contributed by atoms with Gasteiger partial charge < -0.3 is 14.8 Å². The second kappa shape index (κ2) is 6.93. The first-order valence-electron chi connectivity index (χ1n) is 9.08. The highest BCUT2D eigenvalue weighted by atomic mass is 32.2. The van der Waals surface area contributed by atoms with Gasteiger partial charge >= 0.3 is 0 Å². The number of nitrogens with zero attached hydrogens (tertiary/aromatic N) is 4. The number of aromatic nitrogens is 4. The van der Waals surface area contributed by atoms with Crippen LogP contribution in [0.3, 0.4) is 0 Å². The Kier molecular flexibility index (Phi) is 4.24. The highest BCUT2D eigenvalue weighted by Crippen LogP contribution is 2.34. The molecule has 0 fully saturated rings. The smallest absolute Gasteiger partial charge is 0.237 e. The first-order chi connectivity index (χ1) is 14.1. The third kappa shape index (κ3) is 3.23. The first-order valence-corrected chi connectivity index (χ1v) is 9.96. The maximum absolute atomic E-state index is 12.7. The molecule has 0 saturated carbocycles. The summed E-state index contributed by atoms with van der Waals surface area (Å²) in [5.74, 6) is 1.81. The van der Waals surface area contributed by atoms with Crippen molar-refractivity contribution in [3.05, 3.63) is 48.3 Å². The molecule has 1 atom stereocenters. The average molecular weight is 407 g/mol. The number of aryl methyl sites for hydroxylation is 1. The molecule has 0 spiro atoms. The van der Waals surface area contributed by atoms with Gasteiger partial charge in [-0.15, -0.1) is 5.10 Å². The Hall–Kier alpha value is -3.33. The number of amides is 1. The number of ether oxygens (including phenoxy) is 2. The molecule has 4 aromatic rings. The quantitative estimate of drug-likeness (QED) is 0.409. The van der Waals surface area contributed by atoms with Crippen LogP contribution < -0.4 is 14.8 Å². The van der Waals surface area contributed by atoms with Crippen LogP contribution in [0.1, 0.15) is 12.7 Å². The lowest BCUT2D eigenvalue weighted by molar-refractivity contribution is -0.115. The van der Waals surface area contributed by atoms with E-state index in [9.17, 15) is 4.79 Å². The van der Waals surface area contributed by atoms with Crippen molar-refractivity contribution in [2.45, 2.75) is 24.3 Å². The van der Waals surface area contributed by atoms with Gasteiger partial charge in [0.15, 0.2) is 22.3 Å². The van der Waals surface area contributed by atoms with E-state index < -0.39 is 5.25 Å². The van der Waals surface area contributed by atoms with E-state index in [0.717, 1.165) is 16.6 Å². The molecule has 1 aliphatic rings. The summed E-state index contributed by atoms with van der Waals surface area (Å²) in [4.78, 5) is 22.0. The molecule has 3 heterocycles. The molecular formula is C20H17N5O3S. The predicted octanol–water partition coefficient (Wildman–Crippen LogP) is 3.43. The summed E-state index contributed by atoms with van der Waals surface area (Å²) in [6, 6.07) is 13.1. The van der Waals surface area contributed by atoms with Crippen LogP contribution in [0.15, 0.2) is 47.6 Å². The highest BCUT2D eigenvalue weighted by molar-refractivity contribution is 8.00. The molecule has 0 radical (unpaired) electrons. The summed E-state index contributed by atoms with van der Waals surface area (Å²) in [6.07, 6.45) is 0. The Balaban J connectivity index is 1.41. The number of rotatable bonds is 4. The van der Waals surface area contributed by atoms with E-state index in [2.05, 4.69) is 15.4 Å². The summed E-state index contributed by atoms with van der Waals surface area (Å²) in [5.41, 5.74) is 2.21. The van der Waals surface area contributed by atoms with Crippen molar-refractivity contribution in [3.8, 4) is 11.5 Å². The van der Waals surface area contributed by atoms with Crippen molar-refractivity contribution in [2.24, 2.45) is 0 Å². The molecule has 8 nitrogen and oxygen atoms in total. The van der Waals surface area contributed by atoms with E-state index in [1.54, 1.807) is 22.7 Å². The van der Waals surface area contributed by atoms with E-state index in [1.807, 2.05) is 38.1 Å². The lowest BCUT2D eigenvalue weighted by Gasteiger charge is -2.13. The number of carbonyl (C=O) groups excluding carboxylic acids is 1. The average Bonchev–Trinajstić information content (AvgIpc) is 3.34. The van der Waals surface area contributed by atoms with E-state index >= 15 is 0 Å². The summed E-state index contributed by atoms with van der Waals surface area (Å²) in [7, 11) is 0. The molecule has 2 aromatic heterocycles. The number of anilines is 1. The Morgan fingerprint density at radius 2 is 2.00 bits per heavy atom. The molecule has 0 saturated heterocycles. The standard InChI is InChI=1S/C20H17N5O3S/c1-11(19(26)22-13-7-8-16-17(9-13)28-10-27-16)29-20-23-15-6-4-3-5-14(15)18-21-12(2)24-25(18)20/h3-9,11H,10H2,1-2H3,(H,22,26). The van der Waals surface area contributed by atoms with Crippen LogP contribution >= 0.6 is 11.8 Å². The van der Waals surface area contributed by atoms with Gasteiger partial charge in [0.05, 0.1) is 10.8 Å². The van der Waals surface area contributed by atoms with Crippen molar-refractivity contribution in [1.82, 2.24) is 19.6 Å². The Morgan fingerprint density at radius 3 is 2.90 bits per heavy atom. The summed E-state index contributed by atoms with van der Waals surface area (Å²) in [6.45, 7) is 3.87. The van der Waals surface area contributed by atoms with Gasteiger partial charge in [0.2, 0.25) is 12.7 Å². The van der Waals surface area contributed by atoms with Crippen molar-refractivity contribution >= 4 is 39.9 Å². The third-order valence-electron chi connectivity index (χ3n) is 4.55. The Labute approximate surface area is 170 Å². The molecule has 1 amide bonds. The third-order valence-corrected chi connectivity index (χ3v) is 5.59. The topological polar surface area (TPSA) is 90.6 Å². The molecule has 146 valence electrons. The largest absolute Gasteiger partial charge is 0.454 e. The van der Waals surface area contributed by atoms with Crippen LogP contribution in [-0.4, -0.2) is 37.5 Å². The number of hydrogen-bond acceptors (Lipinski definition) is 7. The van der Waals surface area contributed by atoms with Crippen LogP contribution in [0.2, 0.25) is 0 Å². The fraction of sp³-hybridized carbons (Fsp3) is 0.200. The number of hydrogen-bond donors (Lipinski definition) is 1. The zero-order chi connectivity index (χ0) is 20.0. The van der Waals surface area contributed by atoms with E-state index in [-0.39, 0.29) is 12.7 Å². The van der Waals surface area contributed by atoms with E-state index in [4.69, 9.17) is 14.5 Å². The molecule has 29 heavy (non-hydrogen) atoms. The lowest BCUT2D eigenvalue weighted by atomic mass is 10.2. The van der Waals surface area contributed by atoms with Crippen molar-refractivity contribution in [3.63, 3.8) is 0 Å². The van der Waals surface area contributed by atoms with Crippen LogP contribution in [0.25, 0.3) is 16.6 Å². The minimum atomic E-state index is -0.401. The first kappa shape index (κ1) is 17.7. The molecule has 1 aliphatic heterocycles. The second-order valence-electron chi connectivity index (χ2n) is 6.62. The fourth-order valence-electron chi connectivity index (χ4n) is 3.14. The maximum atomic E-state index is 12.7. The number of carbonyl (C=O) groups is 1. The van der Waals surface area contributed by atoms with Crippen LogP contribution in [0.5, 0.6) is 11.5 Å². The van der Waals surface area contributed by atoms with Gasteiger partial charge in [0.1, 0.15) is 5.82 Å². The zero-order valence-corrected chi connectivity index (χ0v) is 16.6. The van der Waals surface area contributed by atoms with Gasteiger partial charge in [-0.1, -0.05) is 23.9 Å². The summed E-state index contributed by atoms with van der Waals surface area (Å²) >= 11 is 1.34. The van der Waals surface area contributed by atoms with Crippen LogP contribution in [0, 0.1) is 6.92 Å². The molecule has 0 bridgehead atoms. The van der Waals surface area contributed by atoms with E-state index in [0.29, 0.717) is 28.2 Å². The molecular weight excluding hydrogens is 390 g/mol. The number of fused-ring (bicyclic) bond motifs is 4. The number of thioether (sulfide) groups is 1. The number of nitrogens with one attached hydrogen (secondary N) is 1. The normalized spacial score (nSPS) is 13.7. The second-order valence-corrected chi connectivity index (χ2v) is 7.93. The predicted molar refractivity (Wildman–Crippen MR) is 110 cm³/mol. The summed E-state index contributed by atoms with van der Waals surface area (Å²) < 4.78 is 12.4. The Bertz CT molecular complexity index is 1260. The summed E-state index contributed by atoms with van der Waals surface area (Å²) in [5, 5.41) is 8.52. The minimum Gasteiger partial charge on any atom is -0.454 e. The van der Waals surface area contributed by atoms with Crippen LogP contribution in [-0.2, 0) is 4.79 Å². The number of benzene rings is 2. The fourth-order valence-corrected chi connectivity index (χ4v) is 4.00. The molecule has 2 aromatic carbocycles. The van der Waals surface area contributed by atoms with Crippen molar-refractivity contribution in [1.29, 1.82) is 0 Å². The molecule has 1 N–H and O–H groups in total. The van der Waals surface area contributed by atoms with Gasteiger partial charge in [0, 0.05) is 17.1 Å². The minimum absolute atomic E-state index is 0.145. The maximum Gasteiger partial charge on any atom is 0.237 e. The lowest BCUT2D eigenvalue weighted by Crippen LogP contribution is -2.23. The monoisotopic (exact) mass is 407 g/mol. The van der Waals surface area contributed by atoms with Crippen molar-refractivity contribution in [2.75, 3.05) is 12.1 Å². The molecule has 0 aliphatic carbocycles. The van der Waals surface area contributed by atoms with Gasteiger partial charge in [-0.3, -0.25) is 4.79 Å². The molecule has 1 unspecified atom stereocenters. The number of para-hydroxylation sites is 1. The zero-order valence-electron chi connectivity index (χ0n) is 15.7. The molecule has 9 heteroatoms.